The van der Waals surface area contributed by atoms with Crippen molar-refractivity contribution in [2.75, 3.05) is 6.54 Å². The van der Waals surface area contributed by atoms with Gasteiger partial charge < -0.3 is 23.8 Å². The number of carbonyl (C=O) groups is 2. The summed E-state index contributed by atoms with van der Waals surface area (Å²) >= 11 is 0. The van der Waals surface area contributed by atoms with Gasteiger partial charge in [-0.05, 0) is 46.1 Å². The number of hydrogen-bond donors (Lipinski definition) is 2. The number of unbranched alkanes of at least 4 members (excludes halogenated alkanes) is 5. The summed E-state index contributed by atoms with van der Waals surface area (Å²) in [7, 11) is 0. The Labute approximate surface area is 234 Å². The second-order valence-corrected chi connectivity index (χ2v) is 11.2. The third kappa shape index (κ3) is 7.40. The van der Waals surface area contributed by atoms with Gasteiger partial charge in [-0.25, -0.2) is 9.59 Å². The summed E-state index contributed by atoms with van der Waals surface area (Å²) in [5.41, 5.74) is 1.24. The monoisotopic (exact) mass is 552 g/mol. The number of para-hydroxylation sites is 1. The van der Waals surface area contributed by atoms with E-state index in [0.29, 0.717) is 24.7 Å². The lowest BCUT2D eigenvalue weighted by molar-refractivity contribution is 0.0600. The lowest BCUT2D eigenvalue weighted by atomic mass is 10.1. The molecule has 3 heterocycles. The van der Waals surface area contributed by atoms with E-state index >= 15 is 0 Å². The molecule has 11 nitrogen and oxygen atoms in total. The van der Waals surface area contributed by atoms with Gasteiger partial charge in [0.2, 0.25) is 17.7 Å². The summed E-state index contributed by atoms with van der Waals surface area (Å²) in [6.45, 7) is 8.75. The number of ether oxygens (including phenoxy) is 1. The Bertz CT molecular complexity index is 1340. The van der Waals surface area contributed by atoms with E-state index in [-0.39, 0.29) is 5.96 Å². The van der Waals surface area contributed by atoms with Gasteiger partial charge in [0.1, 0.15) is 11.6 Å². The van der Waals surface area contributed by atoms with Crippen molar-refractivity contribution >= 4 is 29.0 Å². The average molecular weight is 553 g/mol. The largest absolute Gasteiger partial charge is 0.465 e. The fourth-order valence-corrected chi connectivity index (χ4v) is 5.06. The number of nitrogens with one attached hydrogen (secondary N) is 1. The Morgan fingerprint density at radius 2 is 1.93 bits per heavy atom. The molecule has 1 saturated heterocycles. The zero-order chi connectivity index (χ0) is 28.7. The van der Waals surface area contributed by atoms with Crippen LogP contribution in [0.2, 0.25) is 0 Å². The summed E-state index contributed by atoms with van der Waals surface area (Å²) < 4.78 is 13.2. The number of aryl methyl sites for hydroxylation is 1. The molecule has 1 aliphatic heterocycles. The first-order valence-corrected chi connectivity index (χ1v) is 14.2. The minimum atomic E-state index is -1.34. The second-order valence-electron chi connectivity index (χ2n) is 11.2. The molecule has 0 spiro atoms. The van der Waals surface area contributed by atoms with Crippen molar-refractivity contribution in [2.24, 2.45) is 4.99 Å². The first-order chi connectivity index (χ1) is 19.2. The van der Waals surface area contributed by atoms with Crippen LogP contribution in [0.3, 0.4) is 0 Å². The molecule has 3 aromatic rings. The molecule has 1 aromatic carbocycles. The molecule has 2 aromatic heterocycles. The van der Waals surface area contributed by atoms with Crippen molar-refractivity contribution in [3.8, 4) is 11.4 Å². The van der Waals surface area contributed by atoms with E-state index in [1.807, 2.05) is 12.1 Å². The Kier molecular flexibility index (Phi) is 9.44. The molecule has 0 saturated carbocycles. The topological polar surface area (TPSA) is 135 Å². The molecule has 216 valence electrons. The summed E-state index contributed by atoms with van der Waals surface area (Å²) in [5, 5.41) is 17.0. The number of rotatable bonds is 9. The predicted molar refractivity (Wildman–Crippen MR) is 152 cm³/mol. The number of amides is 2. The van der Waals surface area contributed by atoms with E-state index in [1.165, 1.54) is 32.1 Å². The summed E-state index contributed by atoms with van der Waals surface area (Å²) in [5.74, 6) is 0.681. The van der Waals surface area contributed by atoms with Crippen molar-refractivity contribution in [1.82, 2.24) is 24.9 Å². The minimum absolute atomic E-state index is 0.125. The molecule has 1 atom stereocenters. The van der Waals surface area contributed by atoms with Crippen LogP contribution < -0.4 is 5.32 Å². The molecule has 40 heavy (non-hydrogen) atoms. The third-order valence-corrected chi connectivity index (χ3v) is 6.84. The lowest BCUT2D eigenvalue weighted by Crippen LogP contribution is -2.44. The van der Waals surface area contributed by atoms with Gasteiger partial charge in [-0.3, -0.25) is 5.32 Å². The molecule has 2 N–H and O–H groups in total. The van der Waals surface area contributed by atoms with Crippen LogP contribution in [0.4, 0.5) is 9.59 Å². The first-order valence-electron chi connectivity index (χ1n) is 14.2. The van der Waals surface area contributed by atoms with Crippen molar-refractivity contribution in [3.05, 3.63) is 36.4 Å². The van der Waals surface area contributed by atoms with Gasteiger partial charge in [-0.1, -0.05) is 62.4 Å². The van der Waals surface area contributed by atoms with E-state index in [9.17, 15) is 14.7 Å². The number of aromatic nitrogens is 3. The zero-order valence-corrected chi connectivity index (χ0v) is 23.9. The summed E-state index contributed by atoms with van der Waals surface area (Å²) in [6.07, 6.45) is 8.59. The number of aliphatic imine (C=N–C) groups is 1. The number of carbonyl (C=O) groups excluding carboxylic acids is 1. The molecule has 11 heteroatoms. The number of guanidine groups is 1. The maximum absolute atomic E-state index is 12.4. The molecule has 0 aliphatic carbocycles. The summed E-state index contributed by atoms with van der Waals surface area (Å²) in [4.78, 5) is 34.2. The van der Waals surface area contributed by atoms with E-state index in [2.05, 4.69) is 45.3 Å². The van der Waals surface area contributed by atoms with Gasteiger partial charge >= 0.3 is 12.2 Å². The van der Waals surface area contributed by atoms with Crippen LogP contribution in [-0.4, -0.2) is 55.0 Å². The van der Waals surface area contributed by atoms with Crippen LogP contribution in [0.25, 0.3) is 22.3 Å². The highest BCUT2D eigenvalue weighted by atomic mass is 16.6. The number of likely N-dealkylation sites (tertiary alicyclic amines) is 1. The normalized spacial score (nSPS) is 16.1. The molecule has 0 radical (unpaired) electrons. The van der Waals surface area contributed by atoms with E-state index in [4.69, 9.17) is 14.2 Å². The van der Waals surface area contributed by atoms with Gasteiger partial charge in [-0.15, -0.1) is 4.99 Å². The molecule has 1 unspecified atom stereocenters. The zero-order valence-electron chi connectivity index (χ0n) is 23.9. The van der Waals surface area contributed by atoms with Crippen molar-refractivity contribution < 1.29 is 24.0 Å². The Morgan fingerprint density at radius 3 is 2.67 bits per heavy atom. The van der Waals surface area contributed by atoms with Crippen LogP contribution in [0.5, 0.6) is 0 Å². The van der Waals surface area contributed by atoms with Crippen LogP contribution in [0.1, 0.15) is 91.0 Å². The Morgan fingerprint density at radius 1 is 1.18 bits per heavy atom. The maximum atomic E-state index is 12.4. The predicted octanol–water partition coefficient (Wildman–Crippen LogP) is 6.75. The molecule has 1 aliphatic rings. The Balaban J connectivity index is 1.55. The maximum Gasteiger partial charge on any atom is 0.437 e. The summed E-state index contributed by atoms with van der Waals surface area (Å²) in [6, 6.07) is 7.75. The van der Waals surface area contributed by atoms with Gasteiger partial charge in [-0.2, -0.15) is 4.98 Å². The molecule has 4 rings (SSSR count). The van der Waals surface area contributed by atoms with Crippen LogP contribution in [-0.2, 0) is 11.3 Å². The van der Waals surface area contributed by atoms with Gasteiger partial charge in [0.25, 0.3) is 0 Å². The average Bonchev–Trinajstić information content (AvgIpc) is 3.63. The standard InChI is InChI=1S/C29H40N6O5/c1-5-6-7-8-9-12-17-34-19-21(20-14-10-11-15-22(20)34)24-30-25(40-33-24)23-16-13-18-35(23)26(31-27(36)37)32-28(38)39-29(2,3)4/h10-11,14-15,19,23H,5-9,12-13,16-18H2,1-4H3,(H,36,37)(H,31,32,38). The molecular formula is C29H40N6O5. The van der Waals surface area contributed by atoms with Crippen LogP contribution in [0.15, 0.2) is 40.0 Å². The Hall–Kier alpha value is -3.89. The fraction of sp³-hybridized carbons (Fsp3) is 0.552. The number of nitrogens with zero attached hydrogens (tertiary/aromatic N) is 5. The highest BCUT2D eigenvalue weighted by Crippen LogP contribution is 2.34. The smallest absolute Gasteiger partial charge is 0.437 e. The SMILES string of the molecule is CCCCCCCCn1cc(-c2noc(C3CCCN3C(=NC(=O)OC(C)(C)C)NC(=O)O)n2)c2ccccc21. The molecule has 0 bridgehead atoms. The number of hydrogen-bond acceptors (Lipinski definition) is 6. The fourth-order valence-electron chi connectivity index (χ4n) is 5.06. The van der Waals surface area contributed by atoms with E-state index in [0.717, 1.165) is 35.9 Å². The van der Waals surface area contributed by atoms with E-state index in [1.54, 1.807) is 25.7 Å². The number of carboxylic acid groups (broad SMARTS) is 1. The van der Waals surface area contributed by atoms with Crippen molar-refractivity contribution in [1.29, 1.82) is 0 Å². The second kappa shape index (κ2) is 13.0. The van der Waals surface area contributed by atoms with Crippen LogP contribution >= 0.6 is 0 Å². The van der Waals surface area contributed by atoms with Crippen molar-refractivity contribution in [2.45, 2.75) is 97.2 Å². The van der Waals surface area contributed by atoms with Gasteiger partial charge in [0.05, 0.1) is 0 Å². The molecule has 1 fully saturated rings. The lowest BCUT2D eigenvalue weighted by Gasteiger charge is -2.25. The number of fused-ring (bicyclic) bond motifs is 1. The van der Waals surface area contributed by atoms with Gasteiger partial charge in [0, 0.05) is 35.8 Å². The minimum Gasteiger partial charge on any atom is -0.465 e. The third-order valence-electron chi connectivity index (χ3n) is 6.84. The first kappa shape index (κ1) is 29.1. The van der Waals surface area contributed by atoms with E-state index < -0.39 is 23.8 Å². The van der Waals surface area contributed by atoms with Crippen LogP contribution in [0, 0.1) is 0 Å². The molecular weight excluding hydrogens is 512 g/mol. The molecule has 2 amide bonds. The quantitative estimate of drug-likeness (QED) is 0.169. The van der Waals surface area contributed by atoms with Gasteiger partial charge in [0.15, 0.2) is 0 Å². The number of benzene rings is 1. The van der Waals surface area contributed by atoms with Crippen molar-refractivity contribution in [3.63, 3.8) is 0 Å². The highest BCUT2D eigenvalue weighted by molar-refractivity contribution is 5.98. The highest BCUT2D eigenvalue weighted by Gasteiger charge is 2.35.